The van der Waals surface area contributed by atoms with Crippen LogP contribution in [0.2, 0.25) is 0 Å². The molecule has 1 heterocycles. The summed E-state index contributed by atoms with van der Waals surface area (Å²) in [4.78, 5) is 11.8. The number of hydrogen-bond donors (Lipinski definition) is 2. The zero-order valence-electron chi connectivity index (χ0n) is 9.81. The molecule has 3 heteroatoms. The van der Waals surface area contributed by atoms with Crippen molar-refractivity contribution in [3.63, 3.8) is 0 Å². The second kappa shape index (κ2) is 4.12. The summed E-state index contributed by atoms with van der Waals surface area (Å²) in [7, 11) is 0. The Hall–Kier alpha value is -0.570. The van der Waals surface area contributed by atoms with Crippen molar-refractivity contribution in [2.75, 3.05) is 13.1 Å². The Morgan fingerprint density at radius 2 is 2.27 bits per heavy atom. The Bertz CT molecular complexity index is 240. The van der Waals surface area contributed by atoms with Gasteiger partial charge in [-0.3, -0.25) is 4.79 Å². The molecule has 0 aromatic carbocycles. The molecule has 1 saturated carbocycles. The van der Waals surface area contributed by atoms with Crippen molar-refractivity contribution in [2.24, 2.45) is 11.3 Å². The molecule has 1 aliphatic carbocycles. The van der Waals surface area contributed by atoms with Crippen LogP contribution < -0.4 is 10.6 Å². The van der Waals surface area contributed by atoms with E-state index in [1.54, 1.807) is 0 Å². The van der Waals surface area contributed by atoms with Gasteiger partial charge in [-0.05, 0) is 43.6 Å². The predicted molar refractivity (Wildman–Crippen MR) is 60.5 cm³/mol. The zero-order valence-corrected chi connectivity index (χ0v) is 9.81. The maximum Gasteiger partial charge on any atom is 0.237 e. The highest BCUT2D eigenvalue weighted by atomic mass is 16.2. The monoisotopic (exact) mass is 210 g/mol. The number of nitrogens with one attached hydrogen (secondary N) is 2. The van der Waals surface area contributed by atoms with Gasteiger partial charge in [0.2, 0.25) is 5.91 Å². The first kappa shape index (κ1) is 10.9. The highest BCUT2D eigenvalue weighted by Gasteiger charge is 2.45. The van der Waals surface area contributed by atoms with E-state index in [1.165, 1.54) is 12.8 Å². The lowest BCUT2D eigenvalue weighted by molar-refractivity contribution is -0.123. The van der Waals surface area contributed by atoms with Crippen LogP contribution >= 0.6 is 0 Å². The minimum absolute atomic E-state index is 0.0768. The molecule has 2 fully saturated rings. The molecule has 2 rings (SSSR count). The standard InChI is InChI=1S/C12H22N2O/c1-9(2)12(5-6-12)8-14-11(15)10-4-3-7-13-10/h9-10,13H,3-8H2,1-2H3,(H,14,15). The number of carbonyl (C=O) groups is 1. The maximum atomic E-state index is 11.8. The minimum Gasteiger partial charge on any atom is -0.354 e. The van der Waals surface area contributed by atoms with Crippen molar-refractivity contribution in [2.45, 2.75) is 45.6 Å². The molecular weight excluding hydrogens is 188 g/mol. The number of hydrogen-bond acceptors (Lipinski definition) is 2. The van der Waals surface area contributed by atoms with E-state index in [9.17, 15) is 4.79 Å². The van der Waals surface area contributed by atoms with E-state index in [2.05, 4.69) is 24.5 Å². The summed E-state index contributed by atoms with van der Waals surface area (Å²) >= 11 is 0. The van der Waals surface area contributed by atoms with Gasteiger partial charge >= 0.3 is 0 Å². The second-order valence-electron chi connectivity index (χ2n) is 5.38. The van der Waals surface area contributed by atoms with Crippen molar-refractivity contribution in [1.82, 2.24) is 10.6 Å². The van der Waals surface area contributed by atoms with Crippen LogP contribution in [-0.2, 0) is 4.79 Å². The fourth-order valence-corrected chi connectivity index (χ4v) is 2.41. The van der Waals surface area contributed by atoms with Gasteiger partial charge in [-0.25, -0.2) is 0 Å². The maximum absolute atomic E-state index is 11.8. The molecule has 2 aliphatic rings. The molecule has 2 N–H and O–H groups in total. The molecule has 86 valence electrons. The van der Waals surface area contributed by atoms with Gasteiger partial charge in [-0.2, -0.15) is 0 Å². The summed E-state index contributed by atoms with van der Waals surface area (Å²) in [6, 6.07) is 0.0768. The molecule has 0 radical (unpaired) electrons. The second-order valence-corrected chi connectivity index (χ2v) is 5.38. The van der Waals surface area contributed by atoms with Crippen molar-refractivity contribution >= 4 is 5.91 Å². The third-order valence-electron chi connectivity index (χ3n) is 4.11. The fourth-order valence-electron chi connectivity index (χ4n) is 2.41. The average Bonchev–Trinajstić information content (AvgIpc) is 2.80. The fraction of sp³-hybridized carbons (Fsp3) is 0.917. The van der Waals surface area contributed by atoms with Gasteiger partial charge in [-0.15, -0.1) is 0 Å². The lowest BCUT2D eigenvalue weighted by Crippen LogP contribution is -2.43. The Labute approximate surface area is 92.0 Å². The first-order valence-corrected chi connectivity index (χ1v) is 6.15. The summed E-state index contributed by atoms with van der Waals surface area (Å²) < 4.78 is 0. The van der Waals surface area contributed by atoms with Gasteiger partial charge in [0, 0.05) is 6.54 Å². The van der Waals surface area contributed by atoms with Gasteiger partial charge in [0.15, 0.2) is 0 Å². The number of carbonyl (C=O) groups excluding carboxylic acids is 1. The van der Waals surface area contributed by atoms with E-state index in [0.29, 0.717) is 11.3 Å². The molecule has 1 atom stereocenters. The van der Waals surface area contributed by atoms with Crippen LogP contribution in [0, 0.1) is 11.3 Å². The van der Waals surface area contributed by atoms with Crippen molar-refractivity contribution in [3.8, 4) is 0 Å². The molecule has 0 bridgehead atoms. The van der Waals surface area contributed by atoms with Crippen LogP contribution in [0.5, 0.6) is 0 Å². The Morgan fingerprint density at radius 1 is 1.53 bits per heavy atom. The van der Waals surface area contributed by atoms with E-state index in [0.717, 1.165) is 25.9 Å². The van der Waals surface area contributed by atoms with E-state index in [1.807, 2.05) is 0 Å². The van der Waals surface area contributed by atoms with Crippen molar-refractivity contribution in [1.29, 1.82) is 0 Å². The molecule has 0 aromatic rings. The smallest absolute Gasteiger partial charge is 0.237 e. The molecule has 3 nitrogen and oxygen atoms in total. The first-order chi connectivity index (χ1) is 7.14. The summed E-state index contributed by atoms with van der Waals surface area (Å²) in [6.45, 7) is 6.38. The van der Waals surface area contributed by atoms with E-state index < -0.39 is 0 Å². The Balaban J connectivity index is 1.75. The van der Waals surface area contributed by atoms with Crippen LogP contribution in [0.15, 0.2) is 0 Å². The van der Waals surface area contributed by atoms with E-state index in [4.69, 9.17) is 0 Å². The van der Waals surface area contributed by atoms with Crippen molar-refractivity contribution in [3.05, 3.63) is 0 Å². The highest BCUT2D eigenvalue weighted by Crippen LogP contribution is 2.51. The molecule has 1 amide bonds. The third-order valence-corrected chi connectivity index (χ3v) is 4.11. The molecule has 15 heavy (non-hydrogen) atoms. The topological polar surface area (TPSA) is 41.1 Å². The lowest BCUT2D eigenvalue weighted by Gasteiger charge is -2.21. The van der Waals surface area contributed by atoms with Crippen LogP contribution in [0.25, 0.3) is 0 Å². The normalized spacial score (nSPS) is 28.1. The largest absolute Gasteiger partial charge is 0.354 e. The Morgan fingerprint density at radius 3 is 2.73 bits per heavy atom. The summed E-state index contributed by atoms with van der Waals surface area (Å²) in [5.41, 5.74) is 0.425. The summed E-state index contributed by atoms with van der Waals surface area (Å²) in [6.07, 6.45) is 4.69. The third kappa shape index (κ3) is 2.33. The average molecular weight is 210 g/mol. The van der Waals surface area contributed by atoms with Gasteiger partial charge < -0.3 is 10.6 Å². The van der Waals surface area contributed by atoms with Crippen molar-refractivity contribution < 1.29 is 4.79 Å². The van der Waals surface area contributed by atoms with Gasteiger partial charge in [0.1, 0.15) is 0 Å². The summed E-state index contributed by atoms with van der Waals surface area (Å²) in [5.74, 6) is 0.897. The molecule has 1 aliphatic heterocycles. The predicted octanol–water partition coefficient (Wildman–Crippen LogP) is 1.29. The quantitative estimate of drug-likeness (QED) is 0.734. The van der Waals surface area contributed by atoms with Crippen LogP contribution in [0.3, 0.4) is 0 Å². The molecule has 0 aromatic heterocycles. The van der Waals surface area contributed by atoms with Crippen LogP contribution in [0.1, 0.15) is 39.5 Å². The molecule has 1 unspecified atom stereocenters. The number of amides is 1. The minimum atomic E-state index is 0.0768. The van der Waals surface area contributed by atoms with Crippen LogP contribution in [-0.4, -0.2) is 25.0 Å². The molecule has 0 spiro atoms. The van der Waals surface area contributed by atoms with Gasteiger partial charge in [0.05, 0.1) is 6.04 Å². The molecule has 1 saturated heterocycles. The molecular formula is C12H22N2O. The van der Waals surface area contributed by atoms with E-state index in [-0.39, 0.29) is 11.9 Å². The zero-order chi connectivity index (χ0) is 10.9. The first-order valence-electron chi connectivity index (χ1n) is 6.15. The lowest BCUT2D eigenvalue weighted by atomic mass is 9.92. The van der Waals surface area contributed by atoms with E-state index >= 15 is 0 Å². The van der Waals surface area contributed by atoms with Crippen LogP contribution in [0.4, 0.5) is 0 Å². The van der Waals surface area contributed by atoms with Gasteiger partial charge in [0.25, 0.3) is 0 Å². The Kier molecular flexibility index (Phi) is 3.01. The number of rotatable bonds is 4. The summed E-state index contributed by atoms with van der Waals surface area (Å²) in [5, 5.41) is 6.34. The van der Waals surface area contributed by atoms with Gasteiger partial charge in [-0.1, -0.05) is 13.8 Å². The highest BCUT2D eigenvalue weighted by molar-refractivity contribution is 5.82. The SMILES string of the molecule is CC(C)C1(CNC(=O)C2CCCN2)CC1.